The van der Waals surface area contributed by atoms with Crippen molar-refractivity contribution in [2.24, 2.45) is 0 Å². The minimum Gasteiger partial charge on any atom is -0.269 e. The Morgan fingerprint density at radius 2 is 1.60 bits per heavy atom. The Morgan fingerprint density at radius 1 is 0.800 bits per heavy atom. The summed E-state index contributed by atoms with van der Waals surface area (Å²) in [6.45, 7) is 0. The molecule has 4 aromatic rings. The Bertz CT molecular complexity index is 1130. The summed E-state index contributed by atoms with van der Waals surface area (Å²) in [5, 5.41) is 13.0. The summed E-state index contributed by atoms with van der Waals surface area (Å²) in [5.41, 5.74) is 4.65. The van der Waals surface area contributed by atoms with E-state index in [1.165, 1.54) is 32.1 Å². The maximum Gasteiger partial charge on any atom is 0.159 e. The molecule has 0 spiro atoms. The topological polar surface area (TPSA) is 69.4 Å². The molecule has 5 rings (SSSR count). The summed E-state index contributed by atoms with van der Waals surface area (Å²) in [7, 11) is 0. The molecule has 150 valence electrons. The first-order valence-corrected chi connectivity index (χ1v) is 10.6. The lowest BCUT2D eigenvalue weighted by atomic mass is 9.96. The number of benzene rings is 1. The fourth-order valence-electron chi connectivity index (χ4n) is 3.95. The highest BCUT2D eigenvalue weighted by Gasteiger charge is 2.16. The molecule has 0 N–H and O–H groups in total. The first-order valence-electron chi connectivity index (χ1n) is 10.2. The molecule has 0 amide bonds. The first kappa shape index (κ1) is 18.9. The van der Waals surface area contributed by atoms with Gasteiger partial charge in [-0.05, 0) is 31.0 Å². The summed E-state index contributed by atoms with van der Waals surface area (Å²) < 4.78 is 2.11. The van der Waals surface area contributed by atoms with E-state index in [2.05, 4.69) is 36.1 Å². The average molecular weight is 417 g/mol. The van der Waals surface area contributed by atoms with E-state index in [0.717, 1.165) is 27.9 Å². The number of hydrogen-bond donors (Lipinski definition) is 0. The Balaban J connectivity index is 1.37. The second-order valence-electron chi connectivity index (χ2n) is 7.62. The molecule has 0 unspecified atom stereocenters. The van der Waals surface area contributed by atoms with Crippen molar-refractivity contribution in [1.82, 2.24) is 29.9 Å². The average Bonchev–Trinajstić information content (AvgIpc) is 3.31. The minimum absolute atomic E-state index is 0.376. The van der Waals surface area contributed by atoms with Crippen molar-refractivity contribution in [2.45, 2.75) is 38.1 Å². The lowest BCUT2D eigenvalue weighted by molar-refractivity contribution is 0.329. The van der Waals surface area contributed by atoms with Gasteiger partial charge < -0.3 is 0 Å². The second-order valence-corrected chi connectivity index (χ2v) is 8.01. The van der Waals surface area contributed by atoms with Gasteiger partial charge >= 0.3 is 0 Å². The van der Waals surface area contributed by atoms with Gasteiger partial charge in [0.05, 0.1) is 17.9 Å². The summed E-state index contributed by atoms with van der Waals surface area (Å²) >= 11 is 5.84. The van der Waals surface area contributed by atoms with Crippen LogP contribution < -0.4 is 0 Å². The van der Waals surface area contributed by atoms with Crippen LogP contribution in [0.4, 0.5) is 0 Å². The van der Waals surface area contributed by atoms with Crippen molar-refractivity contribution in [1.29, 1.82) is 0 Å². The molecular weight excluding hydrogens is 396 g/mol. The van der Waals surface area contributed by atoms with E-state index in [0.29, 0.717) is 17.0 Å². The largest absolute Gasteiger partial charge is 0.269 e. The van der Waals surface area contributed by atoms with Gasteiger partial charge in [0.15, 0.2) is 11.0 Å². The molecule has 6 nitrogen and oxygen atoms in total. The number of aromatic nitrogens is 6. The van der Waals surface area contributed by atoms with Crippen LogP contribution in [0.2, 0.25) is 5.15 Å². The van der Waals surface area contributed by atoms with Crippen LogP contribution in [0.3, 0.4) is 0 Å². The molecule has 1 aliphatic carbocycles. The van der Waals surface area contributed by atoms with Crippen molar-refractivity contribution < 1.29 is 0 Å². The van der Waals surface area contributed by atoms with Crippen LogP contribution in [0, 0.1) is 0 Å². The van der Waals surface area contributed by atoms with Gasteiger partial charge in [-0.25, -0.2) is 9.97 Å². The van der Waals surface area contributed by atoms with Gasteiger partial charge in [0, 0.05) is 40.8 Å². The molecule has 30 heavy (non-hydrogen) atoms. The molecule has 0 aliphatic heterocycles. The monoisotopic (exact) mass is 416 g/mol. The zero-order chi connectivity index (χ0) is 20.3. The fourth-order valence-corrected chi connectivity index (χ4v) is 4.05. The van der Waals surface area contributed by atoms with Crippen LogP contribution in [-0.4, -0.2) is 29.9 Å². The van der Waals surface area contributed by atoms with Crippen molar-refractivity contribution in [3.8, 4) is 33.8 Å². The highest BCUT2D eigenvalue weighted by molar-refractivity contribution is 6.29. The maximum absolute atomic E-state index is 5.84. The van der Waals surface area contributed by atoms with Crippen LogP contribution in [0.5, 0.6) is 0 Å². The van der Waals surface area contributed by atoms with E-state index in [9.17, 15) is 0 Å². The minimum atomic E-state index is 0.376. The van der Waals surface area contributed by atoms with E-state index >= 15 is 0 Å². The highest BCUT2D eigenvalue weighted by atomic mass is 35.5. The third-order valence-corrected chi connectivity index (χ3v) is 5.79. The van der Waals surface area contributed by atoms with Crippen LogP contribution in [0.25, 0.3) is 33.8 Å². The van der Waals surface area contributed by atoms with E-state index in [1.54, 1.807) is 6.07 Å². The lowest BCUT2D eigenvalue weighted by Gasteiger charge is -2.21. The number of hydrogen-bond acceptors (Lipinski definition) is 5. The van der Waals surface area contributed by atoms with Crippen molar-refractivity contribution in [3.05, 3.63) is 66.3 Å². The summed E-state index contributed by atoms with van der Waals surface area (Å²) in [4.78, 5) is 9.18. The maximum atomic E-state index is 5.84. The molecule has 1 saturated carbocycles. The second kappa shape index (κ2) is 8.32. The number of nitrogens with zero attached hydrogens (tertiary/aromatic N) is 6. The van der Waals surface area contributed by atoms with Crippen LogP contribution in [0.1, 0.15) is 38.1 Å². The molecule has 3 heterocycles. The van der Waals surface area contributed by atoms with Gasteiger partial charge in [0.1, 0.15) is 0 Å². The van der Waals surface area contributed by atoms with Crippen LogP contribution >= 0.6 is 11.6 Å². The Kier molecular flexibility index (Phi) is 5.24. The Hall–Kier alpha value is -3.12. The molecule has 0 bridgehead atoms. The zero-order valence-corrected chi connectivity index (χ0v) is 17.2. The van der Waals surface area contributed by atoms with Gasteiger partial charge in [-0.15, -0.1) is 10.2 Å². The number of halogens is 1. The van der Waals surface area contributed by atoms with Gasteiger partial charge in [0.2, 0.25) is 0 Å². The van der Waals surface area contributed by atoms with E-state index in [4.69, 9.17) is 11.6 Å². The van der Waals surface area contributed by atoms with E-state index < -0.39 is 0 Å². The quantitative estimate of drug-likeness (QED) is 0.431. The van der Waals surface area contributed by atoms with Gasteiger partial charge in [-0.1, -0.05) is 49.1 Å². The molecule has 0 saturated heterocycles. The van der Waals surface area contributed by atoms with Crippen LogP contribution in [0.15, 0.2) is 61.2 Å². The summed E-state index contributed by atoms with van der Waals surface area (Å²) in [6.07, 6.45) is 14.1. The third-order valence-electron chi connectivity index (χ3n) is 5.58. The lowest BCUT2D eigenvalue weighted by Crippen LogP contribution is -2.12. The van der Waals surface area contributed by atoms with E-state index in [1.807, 2.05) is 48.9 Å². The molecule has 0 radical (unpaired) electrons. The molecule has 1 aliphatic rings. The molecule has 0 atom stereocenters. The van der Waals surface area contributed by atoms with Gasteiger partial charge in [-0.2, -0.15) is 5.10 Å². The smallest absolute Gasteiger partial charge is 0.159 e. The molecule has 3 aromatic heterocycles. The van der Waals surface area contributed by atoms with Crippen LogP contribution in [-0.2, 0) is 0 Å². The SMILES string of the molecule is Clc1ccc(-c2cccc(-c3ncc(-c4cnn(C5CCCCC5)c4)cn3)c2)nn1. The third kappa shape index (κ3) is 3.96. The molecule has 1 fully saturated rings. The molecule has 7 heteroatoms. The zero-order valence-electron chi connectivity index (χ0n) is 16.4. The predicted octanol–water partition coefficient (Wildman–Crippen LogP) is 5.62. The predicted molar refractivity (Wildman–Crippen MR) is 117 cm³/mol. The normalized spacial score (nSPS) is 14.7. The highest BCUT2D eigenvalue weighted by Crippen LogP contribution is 2.29. The van der Waals surface area contributed by atoms with Crippen molar-refractivity contribution >= 4 is 11.6 Å². The van der Waals surface area contributed by atoms with E-state index in [-0.39, 0.29) is 0 Å². The van der Waals surface area contributed by atoms with Crippen molar-refractivity contribution in [2.75, 3.05) is 0 Å². The standard InChI is InChI=1S/C23H21ClN6/c24-22-10-9-21(28-29-22)16-5-4-6-17(11-16)23-25-12-18(13-26-23)19-14-27-30(15-19)20-7-2-1-3-8-20/h4-6,9-15,20H,1-3,7-8H2. The van der Waals surface area contributed by atoms with Crippen molar-refractivity contribution in [3.63, 3.8) is 0 Å². The van der Waals surface area contributed by atoms with Gasteiger partial charge in [-0.3, -0.25) is 4.68 Å². The first-order chi connectivity index (χ1) is 14.8. The Labute approximate surface area is 180 Å². The number of rotatable bonds is 4. The Morgan fingerprint density at radius 3 is 2.37 bits per heavy atom. The summed E-state index contributed by atoms with van der Waals surface area (Å²) in [6, 6.07) is 12.0. The molecule has 1 aromatic carbocycles. The summed E-state index contributed by atoms with van der Waals surface area (Å²) in [5.74, 6) is 0.669. The molecular formula is C23H21ClN6. The van der Waals surface area contributed by atoms with Gasteiger partial charge in [0.25, 0.3) is 0 Å². The fraction of sp³-hybridized carbons (Fsp3) is 0.261.